The summed E-state index contributed by atoms with van der Waals surface area (Å²) in [5.74, 6) is 1.98. The van der Waals surface area contributed by atoms with E-state index in [2.05, 4.69) is 15.3 Å². The summed E-state index contributed by atoms with van der Waals surface area (Å²) in [5, 5.41) is 7.71. The second-order valence-electron chi connectivity index (χ2n) is 9.49. The van der Waals surface area contributed by atoms with Crippen LogP contribution in [0.2, 0.25) is 0 Å². The number of aromatic nitrogens is 2. The van der Waals surface area contributed by atoms with E-state index in [1.54, 1.807) is 6.26 Å². The van der Waals surface area contributed by atoms with Crippen LogP contribution in [0.5, 0.6) is 0 Å². The molecule has 0 aromatic carbocycles. The number of hydrogen-bond acceptors (Lipinski definition) is 5. The average molecular weight is 440 g/mol. The van der Waals surface area contributed by atoms with Crippen molar-refractivity contribution in [3.05, 3.63) is 35.4 Å². The number of furan rings is 1. The predicted molar refractivity (Wildman–Crippen MR) is 120 cm³/mol. The number of hydrogen-bond donors (Lipinski definition) is 1. The molecule has 3 aliphatic rings. The Morgan fingerprint density at radius 3 is 2.78 bits per heavy atom. The lowest BCUT2D eigenvalue weighted by Crippen LogP contribution is -2.50. The van der Waals surface area contributed by atoms with Crippen LogP contribution in [0.15, 0.2) is 22.8 Å². The molecule has 1 aliphatic carbocycles. The molecule has 0 bridgehead atoms. The molecule has 0 radical (unpaired) electrons. The van der Waals surface area contributed by atoms with Crippen LogP contribution in [0.25, 0.3) is 0 Å². The number of nitrogens with zero attached hydrogens (tertiary/aromatic N) is 4. The van der Waals surface area contributed by atoms with Gasteiger partial charge in [-0.1, -0.05) is 19.3 Å². The molecule has 32 heavy (non-hydrogen) atoms. The van der Waals surface area contributed by atoms with Gasteiger partial charge in [0.05, 0.1) is 18.5 Å². The molecule has 172 valence electrons. The van der Waals surface area contributed by atoms with Gasteiger partial charge in [0.1, 0.15) is 23.7 Å². The summed E-state index contributed by atoms with van der Waals surface area (Å²) < 4.78 is 7.26. The minimum Gasteiger partial charge on any atom is -0.467 e. The van der Waals surface area contributed by atoms with Crippen LogP contribution < -0.4 is 10.2 Å². The van der Waals surface area contributed by atoms with Crippen LogP contribution in [0.3, 0.4) is 0 Å². The molecule has 5 rings (SSSR count). The SMILES string of the molecule is Cc1nn(C)c2c1C(C(=O)NCc1ccco1)N(CC1CCCCC1)C(=O)C1CCCN21. The highest BCUT2D eigenvalue weighted by Gasteiger charge is 2.47. The number of aryl methyl sites for hydroxylation is 2. The number of anilines is 1. The summed E-state index contributed by atoms with van der Waals surface area (Å²) in [6.45, 7) is 3.71. The molecule has 2 aromatic rings. The zero-order valence-electron chi connectivity index (χ0n) is 19.0. The maximum Gasteiger partial charge on any atom is 0.248 e. The summed E-state index contributed by atoms with van der Waals surface area (Å²) in [6.07, 6.45) is 9.32. The second-order valence-corrected chi connectivity index (χ2v) is 9.49. The van der Waals surface area contributed by atoms with E-state index in [1.807, 2.05) is 35.7 Å². The summed E-state index contributed by atoms with van der Waals surface area (Å²) in [7, 11) is 1.92. The van der Waals surface area contributed by atoms with Crippen molar-refractivity contribution in [3.63, 3.8) is 0 Å². The largest absolute Gasteiger partial charge is 0.467 e. The van der Waals surface area contributed by atoms with Crippen LogP contribution >= 0.6 is 0 Å². The number of nitrogens with one attached hydrogen (secondary N) is 1. The molecule has 2 amide bonds. The van der Waals surface area contributed by atoms with Gasteiger partial charge in [0.2, 0.25) is 11.8 Å². The lowest BCUT2D eigenvalue weighted by atomic mass is 9.88. The molecule has 1 N–H and O–H groups in total. The Kier molecular flexibility index (Phi) is 5.69. The number of carbonyl (C=O) groups is 2. The summed E-state index contributed by atoms with van der Waals surface area (Å²) >= 11 is 0. The Morgan fingerprint density at radius 2 is 2.03 bits per heavy atom. The number of carbonyl (C=O) groups excluding carboxylic acids is 2. The monoisotopic (exact) mass is 439 g/mol. The standard InChI is InChI=1S/C24H33N5O3/c1-16-20-21(22(30)25-14-18-10-7-13-32-18)29(15-17-8-4-3-5-9-17)24(31)19-11-6-12-28(19)23(20)27(2)26-16/h7,10,13,17,19,21H,3-6,8-9,11-12,14-15H2,1-2H3,(H,25,30). The first kappa shape index (κ1) is 21.1. The quantitative estimate of drug-likeness (QED) is 0.774. The van der Waals surface area contributed by atoms with Gasteiger partial charge >= 0.3 is 0 Å². The zero-order valence-corrected chi connectivity index (χ0v) is 19.0. The molecular formula is C24H33N5O3. The van der Waals surface area contributed by atoms with Crippen molar-refractivity contribution in [1.82, 2.24) is 20.0 Å². The van der Waals surface area contributed by atoms with E-state index >= 15 is 0 Å². The van der Waals surface area contributed by atoms with E-state index in [-0.39, 0.29) is 17.9 Å². The van der Waals surface area contributed by atoms with Gasteiger partial charge in [-0.2, -0.15) is 5.10 Å². The minimum absolute atomic E-state index is 0.0850. The van der Waals surface area contributed by atoms with E-state index in [0.717, 1.165) is 49.3 Å². The minimum atomic E-state index is -0.673. The third-order valence-corrected chi connectivity index (χ3v) is 7.36. The maximum absolute atomic E-state index is 13.9. The van der Waals surface area contributed by atoms with Crippen molar-refractivity contribution < 1.29 is 14.0 Å². The summed E-state index contributed by atoms with van der Waals surface area (Å²) in [6, 6.07) is 2.77. The summed E-state index contributed by atoms with van der Waals surface area (Å²) in [4.78, 5) is 31.7. The molecule has 0 spiro atoms. The lowest BCUT2D eigenvalue weighted by Gasteiger charge is -2.35. The van der Waals surface area contributed by atoms with Crippen molar-refractivity contribution >= 4 is 17.6 Å². The van der Waals surface area contributed by atoms with Crippen LogP contribution in [0.4, 0.5) is 5.82 Å². The van der Waals surface area contributed by atoms with Gasteiger partial charge in [-0.05, 0) is 50.7 Å². The van der Waals surface area contributed by atoms with Gasteiger partial charge in [-0.25, -0.2) is 0 Å². The van der Waals surface area contributed by atoms with Crippen molar-refractivity contribution in [3.8, 4) is 0 Å². The molecule has 8 heteroatoms. The third kappa shape index (κ3) is 3.69. The van der Waals surface area contributed by atoms with Gasteiger partial charge in [-0.3, -0.25) is 14.3 Å². The first-order valence-electron chi connectivity index (χ1n) is 12.0. The smallest absolute Gasteiger partial charge is 0.248 e. The Bertz CT molecular complexity index is 976. The van der Waals surface area contributed by atoms with Crippen LogP contribution in [0.1, 0.15) is 68.0 Å². The molecule has 1 saturated carbocycles. The molecule has 1 saturated heterocycles. The Hall–Kier alpha value is -2.77. The highest BCUT2D eigenvalue weighted by Crippen LogP contribution is 2.42. The van der Waals surface area contributed by atoms with E-state index in [4.69, 9.17) is 4.42 Å². The fraction of sp³-hybridized carbons (Fsp3) is 0.625. The van der Waals surface area contributed by atoms with Crippen molar-refractivity contribution in [1.29, 1.82) is 0 Å². The lowest BCUT2D eigenvalue weighted by molar-refractivity contribution is -0.142. The predicted octanol–water partition coefficient (Wildman–Crippen LogP) is 3.07. The Morgan fingerprint density at radius 1 is 1.22 bits per heavy atom. The number of fused-ring (bicyclic) bond motifs is 3. The van der Waals surface area contributed by atoms with Gasteiger partial charge in [0.15, 0.2) is 0 Å². The van der Waals surface area contributed by atoms with Crippen molar-refractivity contribution in [2.24, 2.45) is 13.0 Å². The van der Waals surface area contributed by atoms with Crippen LogP contribution in [0, 0.1) is 12.8 Å². The van der Waals surface area contributed by atoms with Crippen LogP contribution in [-0.2, 0) is 23.2 Å². The molecule has 2 unspecified atom stereocenters. The zero-order chi connectivity index (χ0) is 22.2. The third-order valence-electron chi connectivity index (χ3n) is 7.36. The van der Waals surface area contributed by atoms with Gasteiger partial charge in [0.25, 0.3) is 0 Å². The molecule has 2 aromatic heterocycles. The normalized spacial score (nSPS) is 23.8. The fourth-order valence-corrected chi connectivity index (χ4v) is 5.87. The molecular weight excluding hydrogens is 406 g/mol. The van der Waals surface area contributed by atoms with E-state index < -0.39 is 6.04 Å². The average Bonchev–Trinajstić information content (AvgIpc) is 3.52. The maximum atomic E-state index is 13.9. The van der Waals surface area contributed by atoms with Gasteiger partial charge < -0.3 is 19.5 Å². The number of rotatable bonds is 5. The molecule has 2 aliphatic heterocycles. The fourth-order valence-electron chi connectivity index (χ4n) is 5.87. The molecule has 2 fully saturated rings. The number of amides is 2. The van der Waals surface area contributed by atoms with Crippen molar-refractivity contribution in [2.75, 3.05) is 18.0 Å². The summed E-state index contributed by atoms with van der Waals surface area (Å²) in [5.41, 5.74) is 1.69. The van der Waals surface area contributed by atoms with E-state index in [1.165, 1.54) is 19.3 Å². The molecule has 8 nitrogen and oxygen atoms in total. The highest BCUT2D eigenvalue weighted by atomic mass is 16.3. The second kappa shape index (κ2) is 8.64. The topological polar surface area (TPSA) is 83.6 Å². The Labute approximate surface area is 188 Å². The highest BCUT2D eigenvalue weighted by molar-refractivity contribution is 5.95. The molecule has 2 atom stereocenters. The van der Waals surface area contributed by atoms with E-state index in [9.17, 15) is 9.59 Å². The first-order valence-corrected chi connectivity index (χ1v) is 12.0. The van der Waals surface area contributed by atoms with Crippen molar-refractivity contribution in [2.45, 2.75) is 70.5 Å². The van der Waals surface area contributed by atoms with Gasteiger partial charge in [-0.15, -0.1) is 0 Å². The van der Waals surface area contributed by atoms with E-state index in [0.29, 0.717) is 24.8 Å². The van der Waals surface area contributed by atoms with Gasteiger partial charge in [0, 0.05) is 25.7 Å². The van der Waals surface area contributed by atoms with Crippen LogP contribution in [-0.4, -0.2) is 45.6 Å². The Balaban J connectivity index is 1.54. The molecule has 4 heterocycles. The first-order chi connectivity index (χ1) is 15.5.